The highest BCUT2D eigenvalue weighted by atomic mass is 79.9. The van der Waals surface area contributed by atoms with Crippen LogP contribution in [0.1, 0.15) is 21.5 Å². The SMILES string of the molecule is Nc1cc(C(=O)NC2Cc3ccccc3C2)ccc1Br. The van der Waals surface area contributed by atoms with Gasteiger partial charge in [-0.25, -0.2) is 0 Å². The number of nitrogens with one attached hydrogen (secondary N) is 1. The van der Waals surface area contributed by atoms with Gasteiger partial charge in [0.1, 0.15) is 0 Å². The smallest absolute Gasteiger partial charge is 0.251 e. The Balaban J connectivity index is 1.70. The summed E-state index contributed by atoms with van der Waals surface area (Å²) in [5.41, 5.74) is 9.64. The summed E-state index contributed by atoms with van der Waals surface area (Å²) in [6.45, 7) is 0. The van der Waals surface area contributed by atoms with E-state index in [-0.39, 0.29) is 11.9 Å². The average molecular weight is 331 g/mol. The summed E-state index contributed by atoms with van der Waals surface area (Å²) in [6.07, 6.45) is 1.79. The predicted octanol–water partition coefficient (Wildman–Crippen LogP) is 2.93. The van der Waals surface area contributed by atoms with Crippen molar-refractivity contribution in [1.29, 1.82) is 0 Å². The number of carbonyl (C=O) groups is 1. The first kappa shape index (κ1) is 13.2. The molecule has 1 amide bonds. The summed E-state index contributed by atoms with van der Waals surface area (Å²) in [6, 6.07) is 13.8. The Morgan fingerprint density at radius 3 is 2.40 bits per heavy atom. The summed E-state index contributed by atoms with van der Waals surface area (Å²) in [5, 5.41) is 3.08. The van der Waals surface area contributed by atoms with Gasteiger partial charge in [0.2, 0.25) is 0 Å². The fourth-order valence-corrected chi connectivity index (χ4v) is 2.86. The van der Waals surface area contributed by atoms with Crippen LogP contribution in [-0.4, -0.2) is 11.9 Å². The summed E-state index contributed by atoms with van der Waals surface area (Å²) in [4.78, 5) is 12.2. The number of amides is 1. The van der Waals surface area contributed by atoms with Crippen LogP contribution in [0.5, 0.6) is 0 Å². The van der Waals surface area contributed by atoms with Crippen LogP contribution in [0.3, 0.4) is 0 Å². The molecule has 20 heavy (non-hydrogen) atoms. The maximum Gasteiger partial charge on any atom is 0.251 e. The molecule has 1 aliphatic rings. The lowest BCUT2D eigenvalue weighted by atomic mass is 10.1. The van der Waals surface area contributed by atoms with E-state index >= 15 is 0 Å². The fraction of sp³-hybridized carbons (Fsp3) is 0.188. The third-order valence-corrected chi connectivity index (χ3v) is 4.37. The third kappa shape index (κ3) is 2.56. The minimum Gasteiger partial charge on any atom is -0.398 e. The van der Waals surface area contributed by atoms with Gasteiger partial charge in [-0.05, 0) is 58.1 Å². The Labute approximate surface area is 126 Å². The standard InChI is InChI=1S/C16H15BrN2O/c17-14-6-5-12(9-15(14)18)16(20)19-13-7-10-3-1-2-4-11(10)8-13/h1-6,9,13H,7-8,18H2,(H,19,20). The van der Waals surface area contributed by atoms with E-state index in [4.69, 9.17) is 5.73 Å². The molecule has 3 N–H and O–H groups in total. The Kier molecular flexibility index (Phi) is 3.49. The monoisotopic (exact) mass is 330 g/mol. The van der Waals surface area contributed by atoms with Crippen molar-refractivity contribution in [2.24, 2.45) is 0 Å². The molecule has 4 heteroatoms. The Morgan fingerprint density at radius 2 is 1.80 bits per heavy atom. The van der Waals surface area contributed by atoms with E-state index in [2.05, 4.69) is 33.4 Å². The van der Waals surface area contributed by atoms with Crippen LogP contribution in [0.2, 0.25) is 0 Å². The van der Waals surface area contributed by atoms with Crippen molar-refractivity contribution in [1.82, 2.24) is 5.32 Å². The fourth-order valence-electron chi connectivity index (χ4n) is 2.61. The van der Waals surface area contributed by atoms with E-state index in [0.717, 1.165) is 17.3 Å². The number of rotatable bonds is 2. The molecular weight excluding hydrogens is 316 g/mol. The molecule has 3 rings (SSSR count). The molecule has 0 atom stereocenters. The van der Waals surface area contributed by atoms with Gasteiger partial charge in [-0.2, -0.15) is 0 Å². The number of nitrogen functional groups attached to an aromatic ring is 1. The van der Waals surface area contributed by atoms with Crippen molar-refractivity contribution >= 4 is 27.5 Å². The molecule has 0 unspecified atom stereocenters. The first-order valence-corrected chi connectivity index (χ1v) is 7.35. The molecule has 0 aromatic heterocycles. The second-order valence-electron chi connectivity index (χ2n) is 5.08. The molecule has 1 aliphatic carbocycles. The zero-order chi connectivity index (χ0) is 14.1. The topological polar surface area (TPSA) is 55.1 Å². The van der Waals surface area contributed by atoms with E-state index in [1.807, 2.05) is 12.1 Å². The minimum atomic E-state index is -0.0676. The first-order chi connectivity index (χ1) is 9.63. The molecule has 0 bridgehead atoms. The molecule has 0 radical (unpaired) electrons. The van der Waals surface area contributed by atoms with E-state index in [9.17, 15) is 4.79 Å². The summed E-state index contributed by atoms with van der Waals surface area (Å²) in [7, 11) is 0. The van der Waals surface area contributed by atoms with Gasteiger partial charge in [0.05, 0.1) is 0 Å². The number of carbonyl (C=O) groups excluding carboxylic acids is 1. The number of fused-ring (bicyclic) bond motifs is 1. The first-order valence-electron chi connectivity index (χ1n) is 6.56. The van der Waals surface area contributed by atoms with Crippen LogP contribution in [0.15, 0.2) is 46.9 Å². The van der Waals surface area contributed by atoms with Crippen LogP contribution in [0.4, 0.5) is 5.69 Å². The molecule has 0 saturated carbocycles. The number of hydrogen-bond donors (Lipinski definition) is 2. The molecular formula is C16H15BrN2O. The molecule has 102 valence electrons. The van der Waals surface area contributed by atoms with Crippen LogP contribution in [0.25, 0.3) is 0 Å². The second kappa shape index (κ2) is 5.29. The summed E-state index contributed by atoms with van der Waals surface area (Å²) in [5.74, 6) is -0.0676. The highest BCUT2D eigenvalue weighted by Crippen LogP contribution is 2.23. The summed E-state index contributed by atoms with van der Waals surface area (Å²) < 4.78 is 0.808. The van der Waals surface area contributed by atoms with Crippen molar-refractivity contribution in [3.8, 4) is 0 Å². The maximum absolute atomic E-state index is 12.2. The molecule has 2 aromatic rings. The largest absolute Gasteiger partial charge is 0.398 e. The zero-order valence-electron chi connectivity index (χ0n) is 10.9. The average Bonchev–Trinajstić information content (AvgIpc) is 2.83. The quantitative estimate of drug-likeness (QED) is 0.832. The number of halogens is 1. The Hall–Kier alpha value is -1.81. The van der Waals surface area contributed by atoms with Crippen molar-refractivity contribution in [3.05, 3.63) is 63.6 Å². The molecule has 0 heterocycles. The van der Waals surface area contributed by atoms with Gasteiger partial charge in [-0.3, -0.25) is 4.79 Å². The van der Waals surface area contributed by atoms with Gasteiger partial charge in [0.25, 0.3) is 5.91 Å². The van der Waals surface area contributed by atoms with Gasteiger partial charge in [0.15, 0.2) is 0 Å². The number of nitrogens with two attached hydrogens (primary N) is 1. The molecule has 2 aromatic carbocycles. The van der Waals surface area contributed by atoms with Crippen LogP contribution < -0.4 is 11.1 Å². The van der Waals surface area contributed by atoms with Gasteiger partial charge >= 0.3 is 0 Å². The highest BCUT2D eigenvalue weighted by Gasteiger charge is 2.22. The van der Waals surface area contributed by atoms with Gasteiger partial charge in [0, 0.05) is 21.8 Å². The van der Waals surface area contributed by atoms with E-state index < -0.39 is 0 Å². The van der Waals surface area contributed by atoms with Gasteiger partial charge in [-0.15, -0.1) is 0 Å². The lowest BCUT2D eigenvalue weighted by Crippen LogP contribution is -2.35. The summed E-state index contributed by atoms with van der Waals surface area (Å²) >= 11 is 3.33. The van der Waals surface area contributed by atoms with Crippen LogP contribution in [-0.2, 0) is 12.8 Å². The molecule has 0 aliphatic heterocycles. The molecule has 3 nitrogen and oxygen atoms in total. The zero-order valence-corrected chi connectivity index (χ0v) is 12.5. The van der Waals surface area contributed by atoms with E-state index in [0.29, 0.717) is 11.3 Å². The van der Waals surface area contributed by atoms with Crippen molar-refractivity contribution in [3.63, 3.8) is 0 Å². The van der Waals surface area contributed by atoms with Gasteiger partial charge in [-0.1, -0.05) is 24.3 Å². The van der Waals surface area contributed by atoms with E-state index in [1.54, 1.807) is 18.2 Å². The Bertz CT molecular complexity index is 644. The number of hydrogen-bond acceptors (Lipinski definition) is 2. The third-order valence-electron chi connectivity index (χ3n) is 3.64. The van der Waals surface area contributed by atoms with Crippen molar-refractivity contribution < 1.29 is 4.79 Å². The van der Waals surface area contributed by atoms with Crippen LogP contribution >= 0.6 is 15.9 Å². The Morgan fingerprint density at radius 1 is 1.15 bits per heavy atom. The number of benzene rings is 2. The predicted molar refractivity (Wildman–Crippen MR) is 83.7 cm³/mol. The molecule has 0 spiro atoms. The number of anilines is 1. The second-order valence-corrected chi connectivity index (χ2v) is 5.94. The molecule has 0 saturated heterocycles. The lowest BCUT2D eigenvalue weighted by molar-refractivity contribution is 0.0938. The lowest BCUT2D eigenvalue weighted by Gasteiger charge is -2.12. The normalized spacial score (nSPS) is 14.1. The van der Waals surface area contributed by atoms with Crippen molar-refractivity contribution in [2.75, 3.05) is 5.73 Å². The highest BCUT2D eigenvalue weighted by molar-refractivity contribution is 9.10. The molecule has 0 fully saturated rings. The minimum absolute atomic E-state index is 0.0676. The van der Waals surface area contributed by atoms with E-state index in [1.165, 1.54) is 11.1 Å². The van der Waals surface area contributed by atoms with Crippen molar-refractivity contribution in [2.45, 2.75) is 18.9 Å². The van der Waals surface area contributed by atoms with Gasteiger partial charge < -0.3 is 11.1 Å². The maximum atomic E-state index is 12.2. The van der Waals surface area contributed by atoms with Crippen LogP contribution in [0, 0.1) is 0 Å².